The largest absolute Gasteiger partial charge is 0.488 e. The van der Waals surface area contributed by atoms with Crippen molar-refractivity contribution in [3.63, 3.8) is 0 Å². The first kappa shape index (κ1) is 10.3. The van der Waals surface area contributed by atoms with E-state index in [0.29, 0.717) is 17.9 Å². The first-order valence-electron chi connectivity index (χ1n) is 5.06. The standard InChI is InChI=1S/C14H11NO/c15-10-13-8-4-5-9-14(13)16-11-12-6-2-1-3-7-12/h1-9H,11H2. The molecule has 0 aromatic heterocycles. The molecule has 0 aliphatic heterocycles. The molecule has 0 amide bonds. The Bertz CT molecular complexity index is 500. The van der Waals surface area contributed by atoms with Gasteiger partial charge in [0.1, 0.15) is 18.4 Å². The molecule has 0 aliphatic rings. The fraction of sp³-hybridized carbons (Fsp3) is 0.0714. The topological polar surface area (TPSA) is 33.0 Å². The number of hydrogen-bond acceptors (Lipinski definition) is 2. The van der Waals surface area contributed by atoms with Crippen LogP contribution < -0.4 is 4.74 Å². The summed E-state index contributed by atoms with van der Waals surface area (Å²) in [6.07, 6.45) is 0. The second-order valence-electron chi connectivity index (χ2n) is 3.38. The van der Waals surface area contributed by atoms with Crippen molar-refractivity contribution in [3.8, 4) is 11.8 Å². The summed E-state index contributed by atoms with van der Waals surface area (Å²) in [5.74, 6) is 0.633. The molecule has 0 heterocycles. The second kappa shape index (κ2) is 4.99. The third-order valence-corrected chi connectivity index (χ3v) is 2.24. The predicted molar refractivity (Wildman–Crippen MR) is 61.9 cm³/mol. The zero-order valence-electron chi connectivity index (χ0n) is 8.76. The molecule has 0 saturated heterocycles. The van der Waals surface area contributed by atoms with Crippen LogP contribution in [0.4, 0.5) is 0 Å². The van der Waals surface area contributed by atoms with Gasteiger partial charge in [0.15, 0.2) is 0 Å². The molecule has 0 unspecified atom stereocenters. The van der Waals surface area contributed by atoms with Gasteiger partial charge in [0.05, 0.1) is 5.56 Å². The highest BCUT2D eigenvalue weighted by molar-refractivity contribution is 5.42. The maximum absolute atomic E-state index is 8.89. The van der Waals surface area contributed by atoms with Gasteiger partial charge in [-0.1, -0.05) is 42.5 Å². The maximum atomic E-state index is 8.89. The molecule has 2 aromatic rings. The predicted octanol–water partition coefficient (Wildman–Crippen LogP) is 3.14. The van der Waals surface area contributed by atoms with Crippen LogP contribution in [0.5, 0.6) is 5.75 Å². The molecule has 78 valence electrons. The van der Waals surface area contributed by atoms with Gasteiger partial charge in [-0.05, 0) is 17.7 Å². The highest BCUT2D eigenvalue weighted by atomic mass is 16.5. The molecule has 2 aromatic carbocycles. The number of para-hydroxylation sites is 1. The number of nitrogens with zero attached hydrogens (tertiary/aromatic N) is 1. The van der Waals surface area contributed by atoms with Crippen molar-refractivity contribution in [2.24, 2.45) is 0 Å². The Morgan fingerprint density at radius 2 is 1.62 bits per heavy atom. The summed E-state index contributed by atoms with van der Waals surface area (Å²) in [5, 5.41) is 8.89. The van der Waals surface area contributed by atoms with E-state index in [0.717, 1.165) is 5.56 Å². The van der Waals surface area contributed by atoms with Crippen molar-refractivity contribution < 1.29 is 4.74 Å². The Kier molecular flexibility index (Phi) is 3.20. The smallest absolute Gasteiger partial charge is 0.137 e. The highest BCUT2D eigenvalue weighted by Gasteiger charge is 2.01. The molecule has 2 rings (SSSR count). The molecule has 0 saturated carbocycles. The third-order valence-electron chi connectivity index (χ3n) is 2.24. The minimum absolute atomic E-state index is 0.486. The molecule has 2 heteroatoms. The van der Waals surface area contributed by atoms with E-state index in [9.17, 15) is 0 Å². The third kappa shape index (κ3) is 2.40. The molecule has 0 spiro atoms. The number of rotatable bonds is 3. The SMILES string of the molecule is N#Cc1ccccc1OCc1ccccc1. The van der Waals surface area contributed by atoms with Crippen LogP contribution >= 0.6 is 0 Å². The Balaban J connectivity index is 2.09. The number of hydrogen-bond donors (Lipinski definition) is 0. The van der Waals surface area contributed by atoms with Gasteiger partial charge in [0.2, 0.25) is 0 Å². The van der Waals surface area contributed by atoms with Crippen LogP contribution in [-0.2, 0) is 6.61 Å². The zero-order valence-corrected chi connectivity index (χ0v) is 8.76. The fourth-order valence-electron chi connectivity index (χ4n) is 1.42. The van der Waals surface area contributed by atoms with Gasteiger partial charge in [-0.3, -0.25) is 0 Å². The summed E-state index contributed by atoms with van der Waals surface area (Å²) >= 11 is 0. The molecule has 2 nitrogen and oxygen atoms in total. The van der Waals surface area contributed by atoms with Crippen molar-refractivity contribution in [3.05, 3.63) is 65.7 Å². The van der Waals surface area contributed by atoms with E-state index in [1.165, 1.54) is 0 Å². The summed E-state index contributed by atoms with van der Waals surface area (Å²) in [4.78, 5) is 0. The molecular formula is C14H11NO. The average Bonchev–Trinajstić information content (AvgIpc) is 2.38. The lowest BCUT2D eigenvalue weighted by molar-refractivity contribution is 0.305. The van der Waals surface area contributed by atoms with E-state index in [1.54, 1.807) is 6.07 Å². The van der Waals surface area contributed by atoms with Crippen LogP contribution in [0.2, 0.25) is 0 Å². The summed E-state index contributed by atoms with van der Waals surface area (Å²) in [7, 11) is 0. The summed E-state index contributed by atoms with van der Waals surface area (Å²) in [5.41, 5.74) is 1.66. The van der Waals surface area contributed by atoms with Gasteiger partial charge in [-0.2, -0.15) is 5.26 Å². The molecule has 0 fully saturated rings. The molecule has 0 radical (unpaired) electrons. The van der Waals surface area contributed by atoms with Gasteiger partial charge in [-0.15, -0.1) is 0 Å². The fourth-order valence-corrected chi connectivity index (χ4v) is 1.42. The van der Waals surface area contributed by atoms with Crippen molar-refractivity contribution in [1.29, 1.82) is 5.26 Å². The van der Waals surface area contributed by atoms with Gasteiger partial charge in [-0.25, -0.2) is 0 Å². The summed E-state index contributed by atoms with van der Waals surface area (Å²) in [6, 6.07) is 19.2. The van der Waals surface area contributed by atoms with Gasteiger partial charge < -0.3 is 4.74 Å². The van der Waals surface area contributed by atoms with Crippen LogP contribution in [0, 0.1) is 11.3 Å². The number of benzene rings is 2. The average molecular weight is 209 g/mol. The highest BCUT2D eigenvalue weighted by Crippen LogP contribution is 2.17. The second-order valence-corrected chi connectivity index (χ2v) is 3.38. The van der Waals surface area contributed by atoms with Crippen LogP contribution in [0.1, 0.15) is 11.1 Å². The van der Waals surface area contributed by atoms with E-state index in [2.05, 4.69) is 6.07 Å². The molecule has 16 heavy (non-hydrogen) atoms. The van der Waals surface area contributed by atoms with Crippen molar-refractivity contribution in [2.45, 2.75) is 6.61 Å². The van der Waals surface area contributed by atoms with Crippen LogP contribution in [-0.4, -0.2) is 0 Å². The minimum Gasteiger partial charge on any atom is -0.488 e. The molecule has 0 atom stereocenters. The van der Waals surface area contributed by atoms with E-state index >= 15 is 0 Å². The van der Waals surface area contributed by atoms with Crippen LogP contribution in [0.25, 0.3) is 0 Å². The molecule has 0 aliphatic carbocycles. The van der Waals surface area contributed by atoms with E-state index in [1.807, 2.05) is 48.5 Å². The summed E-state index contributed by atoms with van der Waals surface area (Å²) < 4.78 is 5.59. The summed E-state index contributed by atoms with van der Waals surface area (Å²) in [6.45, 7) is 0.486. The van der Waals surface area contributed by atoms with E-state index in [4.69, 9.17) is 10.00 Å². The monoisotopic (exact) mass is 209 g/mol. The first-order valence-corrected chi connectivity index (χ1v) is 5.06. The Hall–Kier alpha value is -2.27. The minimum atomic E-state index is 0.486. The normalized spacial score (nSPS) is 9.44. The molecular weight excluding hydrogens is 198 g/mol. The Morgan fingerprint density at radius 3 is 2.38 bits per heavy atom. The van der Waals surface area contributed by atoms with Crippen molar-refractivity contribution >= 4 is 0 Å². The van der Waals surface area contributed by atoms with Gasteiger partial charge >= 0.3 is 0 Å². The van der Waals surface area contributed by atoms with Gasteiger partial charge in [0.25, 0.3) is 0 Å². The number of ether oxygens (including phenoxy) is 1. The van der Waals surface area contributed by atoms with Crippen molar-refractivity contribution in [1.82, 2.24) is 0 Å². The lowest BCUT2D eigenvalue weighted by Gasteiger charge is -2.07. The quantitative estimate of drug-likeness (QED) is 0.778. The molecule has 0 bridgehead atoms. The lowest BCUT2D eigenvalue weighted by Crippen LogP contribution is -1.96. The number of nitriles is 1. The first-order chi connectivity index (χ1) is 7.90. The Labute approximate surface area is 94.7 Å². The lowest BCUT2D eigenvalue weighted by atomic mass is 10.2. The van der Waals surface area contributed by atoms with Crippen LogP contribution in [0.15, 0.2) is 54.6 Å². The maximum Gasteiger partial charge on any atom is 0.137 e. The zero-order chi connectivity index (χ0) is 11.2. The van der Waals surface area contributed by atoms with Crippen LogP contribution in [0.3, 0.4) is 0 Å². The van der Waals surface area contributed by atoms with E-state index in [-0.39, 0.29) is 0 Å². The Morgan fingerprint density at radius 1 is 0.938 bits per heavy atom. The van der Waals surface area contributed by atoms with Crippen molar-refractivity contribution in [2.75, 3.05) is 0 Å². The molecule has 0 N–H and O–H groups in total. The van der Waals surface area contributed by atoms with Gasteiger partial charge in [0, 0.05) is 0 Å². The van der Waals surface area contributed by atoms with E-state index < -0.39 is 0 Å².